The molecule has 2 aromatic rings. The van der Waals surface area contributed by atoms with Gasteiger partial charge in [-0.1, -0.05) is 48.5 Å². The van der Waals surface area contributed by atoms with Crippen LogP contribution in [-0.2, 0) is 17.9 Å². The monoisotopic (exact) mass is 421 g/mol. The van der Waals surface area contributed by atoms with Crippen molar-refractivity contribution < 1.29 is 9.59 Å². The normalized spacial score (nSPS) is 20.4. The lowest BCUT2D eigenvalue weighted by Gasteiger charge is -2.28. The summed E-state index contributed by atoms with van der Waals surface area (Å²) in [6, 6.07) is 19.6. The van der Waals surface area contributed by atoms with Crippen LogP contribution in [0.3, 0.4) is 0 Å². The predicted octanol–water partition coefficient (Wildman–Crippen LogP) is 2.08. The Hall–Kier alpha value is -3.06. The Morgan fingerprint density at radius 3 is 2.52 bits per heavy atom. The van der Waals surface area contributed by atoms with E-state index in [0.29, 0.717) is 19.1 Å². The van der Waals surface area contributed by atoms with Gasteiger partial charge in [-0.05, 0) is 23.6 Å². The van der Waals surface area contributed by atoms with Gasteiger partial charge in [0.05, 0.1) is 0 Å². The second-order valence-corrected chi connectivity index (χ2v) is 8.39. The average molecular weight is 422 g/mol. The molecule has 2 atom stereocenters. The molecule has 2 heterocycles. The number of urea groups is 1. The fraction of sp³-hybridized carbons (Fsp3) is 0.417. The zero-order chi connectivity index (χ0) is 21.6. The molecule has 0 unspecified atom stereocenters. The molecule has 7 nitrogen and oxygen atoms in total. The van der Waals surface area contributed by atoms with Crippen molar-refractivity contribution in [2.75, 3.05) is 31.1 Å². The predicted molar refractivity (Wildman–Crippen MR) is 122 cm³/mol. The van der Waals surface area contributed by atoms with E-state index in [1.54, 1.807) is 0 Å². The van der Waals surface area contributed by atoms with E-state index in [2.05, 4.69) is 80.3 Å². The van der Waals surface area contributed by atoms with Crippen molar-refractivity contribution in [3.05, 3.63) is 65.7 Å². The topological polar surface area (TPSA) is 76.7 Å². The van der Waals surface area contributed by atoms with E-state index in [9.17, 15) is 9.59 Å². The van der Waals surface area contributed by atoms with Crippen LogP contribution in [0.25, 0.3) is 0 Å². The Kier molecular flexibility index (Phi) is 6.72. The van der Waals surface area contributed by atoms with Gasteiger partial charge in [-0.25, -0.2) is 4.79 Å². The molecule has 31 heavy (non-hydrogen) atoms. The van der Waals surface area contributed by atoms with Crippen molar-refractivity contribution in [2.24, 2.45) is 0 Å². The Labute approximate surface area is 183 Å². The molecule has 1 saturated heterocycles. The standard InChI is InChI=1S/C24H31N5O2/c1-18(30)25-11-12-26-24(31)27-21-13-22-17-29(14-19-7-3-2-4-8-19)23-10-6-5-9-20(23)15-28(22)16-21/h2-10,21-22H,11-17H2,1H3,(H,25,30)(H2,26,27,31)/t21-,22-/m0/s1. The first-order chi connectivity index (χ1) is 15.1. The summed E-state index contributed by atoms with van der Waals surface area (Å²) in [6.07, 6.45) is 0.929. The van der Waals surface area contributed by atoms with Crippen molar-refractivity contribution >= 4 is 17.6 Å². The van der Waals surface area contributed by atoms with Gasteiger partial charge < -0.3 is 20.9 Å². The molecule has 3 N–H and O–H groups in total. The van der Waals surface area contributed by atoms with Gasteiger partial charge in [0, 0.05) is 64.0 Å². The lowest BCUT2D eigenvalue weighted by atomic mass is 10.1. The minimum absolute atomic E-state index is 0.0914. The van der Waals surface area contributed by atoms with Crippen LogP contribution in [0.5, 0.6) is 0 Å². The molecule has 2 aromatic carbocycles. The molecular formula is C24H31N5O2. The highest BCUT2D eigenvalue weighted by Crippen LogP contribution is 2.32. The van der Waals surface area contributed by atoms with E-state index in [0.717, 1.165) is 32.6 Å². The van der Waals surface area contributed by atoms with E-state index in [1.165, 1.54) is 23.7 Å². The molecule has 0 radical (unpaired) electrons. The van der Waals surface area contributed by atoms with Crippen LogP contribution in [0, 0.1) is 0 Å². The lowest BCUT2D eigenvalue weighted by Crippen LogP contribution is -2.45. The third kappa shape index (κ3) is 5.55. The summed E-state index contributed by atoms with van der Waals surface area (Å²) >= 11 is 0. The highest BCUT2D eigenvalue weighted by atomic mass is 16.2. The lowest BCUT2D eigenvalue weighted by molar-refractivity contribution is -0.118. The van der Waals surface area contributed by atoms with Crippen molar-refractivity contribution in [2.45, 2.75) is 38.5 Å². The molecule has 0 aromatic heterocycles. The number of para-hydroxylation sites is 1. The number of benzene rings is 2. The summed E-state index contributed by atoms with van der Waals surface area (Å²) in [4.78, 5) is 28.1. The molecule has 0 spiro atoms. The maximum absolute atomic E-state index is 12.3. The molecule has 0 aliphatic carbocycles. The largest absolute Gasteiger partial charge is 0.365 e. The average Bonchev–Trinajstić information content (AvgIpc) is 3.05. The number of nitrogens with zero attached hydrogens (tertiary/aromatic N) is 2. The summed E-state index contributed by atoms with van der Waals surface area (Å²) in [5, 5.41) is 8.61. The van der Waals surface area contributed by atoms with E-state index in [4.69, 9.17) is 0 Å². The van der Waals surface area contributed by atoms with Crippen molar-refractivity contribution in [3.8, 4) is 0 Å². The van der Waals surface area contributed by atoms with Gasteiger partial charge in [0.2, 0.25) is 5.91 Å². The van der Waals surface area contributed by atoms with Crippen molar-refractivity contribution in [1.82, 2.24) is 20.9 Å². The van der Waals surface area contributed by atoms with Gasteiger partial charge >= 0.3 is 6.03 Å². The Bertz CT molecular complexity index is 904. The highest BCUT2D eigenvalue weighted by Gasteiger charge is 2.36. The SMILES string of the molecule is CC(=O)NCCNC(=O)N[C@H]1C[C@H]2CN(Cc3ccccc3)c3ccccc3CN2C1. The molecule has 2 aliphatic heterocycles. The molecular weight excluding hydrogens is 390 g/mol. The van der Waals surface area contributed by atoms with E-state index in [-0.39, 0.29) is 18.0 Å². The summed E-state index contributed by atoms with van der Waals surface area (Å²) in [6.45, 7) is 5.89. The first-order valence-corrected chi connectivity index (χ1v) is 11.0. The number of nitrogens with one attached hydrogen (secondary N) is 3. The number of carbonyl (C=O) groups excluding carboxylic acids is 2. The van der Waals surface area contributed by atoms with Crippen LogP contribution < -0.4 is 20.9 Å². The Morgan fingerprint density at radius 2 is 1.71 bits per heavy atom. The van der Waals surface area contributed by atoms with E-state index in [1.807, 2.05) is 0 Å². The molecule has 1 fully saturated rings. The number of carbonyl (C=O) groups is 2. The minimum atomic E-state index is -0.172. The molecule has 0 bridgehead atoms. The first kappa shape index (κ1) is 21.2. The number of hydrogen-bond acceptors (Lipinski definition) is 4. The van der Waals surface area contributed by atoms with Gasteiger partial charge in [0.1, 0.15) is 0 Å². The van der Waals surface area contributed by atoms with Gasteiger partial charge in [-0.3, -0.25) is 9.69 Å². The Morgan fingerprint density at radius 1 is 0.968 bits per heavy atom. The number of hydrogen-bond donors (Lipinski definition) is 3. The van der Waals surface area contributed by atoms with Gasteiger partial charge in [0.15, 0.2) is 0 Å². The minimum Gasteiger partial charge on any atom is -0.365 e. The first-order valence-electron chi connectivity index (χ1n) is 11.0. The van der Waals surface area contributed by atoms with Crippen molar-refractivity contribution in [3.63, 3.8) is 0 Å². The maximum Gasteiger partial charge on any atom is 0.315 e. The second-order valence-electron chi connectivity index (χ2n) is 8.39. The summed E-state index contributed by atoms with van der Waals surface area (Å²) < 4.78 is 0. The maximum atomic E-state index is 12.3. The second kappa shape index (κ2) is 9.83. The van der Waals surface area contributed by atoms with Crippen LogP contribution in [0.15, 0.2) is 54.6 Å². The number of rotatable bonds is 6. The van der Waals surface area contributed by atoms with Crippen LogP contribution in [0.2, 0.25) is 0 Å². The molecule has 7 heteroatoms. The fourth-order valence-corrected chi connectivity index (χ4v) is 4.60. The highest BCUT2D eigenvalue weighted by molar-refractivity contribution is 5.75. The number of amides is 3. The summed E-state index contributed by atoms with van der Waals surface area (Å²) in [7, 11) is 0. The smallest absolute Gasteiger partial charge is 0.315 e. The van der Waals surface area contributed by atoms with Gasteiger partial charge in [-0.2, -0.15) is 0 Å². The van der Waals surface area contributed by atoms with Gasteiger partial charge in [-0.15, -0.1) is 0 Å². The molecule has 3 amide bonds. The Balaban J connectivity index is 1.39. The van der Waals surface area contributed by atoms with E-state index >= 15 is 0 Å². The van der Waals surface area contributed by atoms with Crippen LogP contribution in [-0.4, -0.2) is 55.1 Å². The van der Waals surface area contributed by atoms with Crippen LogP contribution >= 0.6 is 0 Å². The van der Waals surface area contributed by atoms with Crippen LogP contribution in [0.4, 0.5) is 10.5 Å². The summed E-state index contributed by atoms with van der Waals surface area (Å²) in [5.41, 5.74) is 3.94. The third-order valence-electron chi connectivity index (χ3n) is 6.00. The number of fused-ring (bicyclic) bond motifs is 2. The van der Waals surface area contributed by atoms with Crippen LogP contribution in [0.1, 0.15) is 24.5 Å². The third-order valence-corrected chi connectivity index (χ3v) is 6.00. The van der Waals surface area contributed by atoms with E-state index < -0.39 is 0 Å². The molecule has 0 saturated carbocycles. The zero-order valence-electron chi connectivity index (χ0n) is 18.0. The summed E-state index contributed by atoms with van der Waals surface area (Å²) in [5.74, 6) is -0.0914. The quantitative estimate of drug-likeness (QED) is 0.625. The number of anilines is 1. The fourth-order valence-electron chi connectivity index (χ4n) is 4.60. The molecule has 2 aliphatic rings. The van der Waals surface area contributed by atoms with Gasteiger partial charge in [0.25, 0.3) is 0 Å². The molecule has 4 rings (SSSR count). The van der Waals surface area contributed by atoms with Crippen molar-refractivity contribution in [1.29, 1.82) is 0 Å². The zero-order valence-corrected chi connectivity index (χ0v) is 18.0. The molecule has 164 valence electrons.